The van der Waals surface area contributed by atoms with Crippen molar-refractivity contribution in [2.75, 3.05) is 13.1 Å². The van der Waals surface area contributed by atoms with Crippen molar-refractivity contribution < 1.29 is 9.90 Å². The van der Waals surface area contributed by atoms with Crippen LogP contribution >= 0.6 is 0 Å². The van der Waals surface area contributed by atoms with Crippen molar-refractivity contribution in [2.24, 2.45) is 0 Å². The summed E-state index contributed by atoms with van der Waals surface area (Å²) in [6.45, 7) is 1.28. The first-order valence-corrected chi connectivity index (χ1v) is 9.83. The van der Waals surface area contributed by atoms with E-state index in [-0.39, 0.29) is 17.4 Å². The molecule has 28 heavy (non-hydrogen) atoms. The van der Waals surface area contributed by atoms with Gasteiger partial charge < -0.3 is 10.0 Å². The van der Waals surface area contributed by atoms with Gasteiger partial charge in [-0.2, -0.15) is 5.10 Å². The molecule has 0 radical (unpaired) electrons. The molecule has 5 heteroatoms. The van der Waals surface area contributed by atoms with Crippen LogP contribution in [0.1, 0.15) is 34.3 Å². The number of hydrogen-bond donors (Lipinski definition) is 2. The SMILES string of the molecule is O=C(c1cn[nH]c1-c1ccccc1)N1CCC2(CC1)c1ccccc1C[C@H]2O. The second-order valence-electron chi connectivity index (χ2n) is 7.85. The van der Waals surface area contributed by atoms with E-state index in [1.54, 1.807) is 6.20 Å². The van der Waals surface area contributed by atoms with Crippen molar-refractivity contribution >= 4 is 5.91 Å². The maximum atomic E-state index is 13.2. The summed E-state index contributed by atoms with van der Waals surface area (Å²) in [7, 11) is 0. The molecule has 1 aliphatic heterocycles. The molecule has 1 aliphatic carbocycles. The van der Waals surface area contributed by atoms with E-state index < -0.39 is 0 Å². The Hall–Kier alpha value is -2.92. The molecule has 3 aromatic rings. The maximum absolute atomic E-state index is 13.2. The van der Waals surface area contributed by atoms with Gasteiger partial charge in [0.1, 0.15) is 0 Å². The van der Waals surface area contributed by atoms with Crippen LogP contribution in [0.3, 0.4) is 0 Å². The largest absolute Gasteiger partial charge is 0.392 e. The van der Waals surface area contributed by atoms with Crippen molar-refractivity contribution in [2.45, 2.75) is 30.8 Å². The third-order valence-corrected chi connectivity index (χ3v) is 6.48. The number of hydrogen-bond acceptors (Lipinski definition) is 3. The monoisotopic (exact) mass is 373 g/mol. The molecule has 2 aromatic carbocycles. The number of aromatic amines is 1. The van der Waals surface area contributed by atoms with Crippen LogP contribution < -0.4 is 0 Å². The number of piperidine rings is 1. The van der Waals surface area contributed by atoms with Gasteiger partial charge in [0.05, 0.1) is 23.6 Å². The number of aromatic nitrogens is 2. The number of carbonyl (C=O) groups excluding carboxylic acids is 1. The zero-order valence-corrected chi connectivity index (χ0v) is 15.6. The number of fused-ring (bicyclic) bond motifs is 2. The van der Waals surface area contributed by atoms with Gasteiger partial charge in [0.2, 0.25) is 0 Å². The summed E-state index contributed by atoms with van der Waals surface area (Å²) in [5.74, 6) is 0.00299. The predicted molar refractivity (Wildman–Crippen MR) is 107 cm³/mol. The van der Waals surface area contributed by atoms with Crippen LogP contribution in [0.5, 0.6) is 0 Å². The molecule has 1 atom stereocenters. The van der Waals surface area contributed by atoms with Crippen LogP contribution in [-0.4, -0.2) is 45.3 Å². The average molecular weight is 373 g/mol. The predicted octanol–water partition coefficient (Wildman–Crippen LogP) is 3.17. The fraction of sp³-hybridized carbons (Fsp3) is 0.304. The van der Waals surface area contributed by atoms with Crippen molar-refractivity contribution in [3.63, 3.8) is 0 Å². The van der Waals surface area contributed by atoms with E-state index in [0.29, 0.717) is 25.1 Å². The van der Waals surface area contributed by atoms with Crippen molar-refractivity contribution in [3.8, 4) is 11.3 Å². The Bertz CT molecular complexity index is 1000. The molecule has 1 amide bonds. The van der Waals surface area contributed by atoms with E-state index in [9.17, 15) is 9.90 Å². The number of H-pyrrole nitrogens is 1. The number of rotatable bonds is 2. The molecule has 1 fully saturated rings. The highest BCUT2D eigenvalue weighted by molar-refractivity contribution is 5.99. The topological polar surface area (TPSA) is 69.2 Å². The third-order valence-electron chi connectivity index (χ3n) is 6.48. The van der Waals surface area contributed by atoms with E-state index in [2.05, 4.69) is 22.3 Å². The lowest BCUT2D eigenvalue weighted by molar-refractivity contribution is 0.0366. The first-order chi connectivity index (χ1) is 13.7. The van der Waals surface area contributed by atoms with E-state index in [1.807, 2.05) is 47.4 Å². The standard InChI is InChI=1S/C23H23N3O2/c27-20-14-17-8-4-5-9-19(17)23(20)10-12-26(13-11-23)22(28)18-15-24-25-21(18)16-6-2-1-3-7-16/h1-9,15,20,27H,10-14H2,(H,24,25)/t20-/m1/s1. The number of aliphatic hydroxyl groups excluding tert-OH is 1. The summed E-state index contributed by atoms with van der Waals surface area (Å²) in [4.78, 5) is 15.1. The number of carbonyl (C=O) groups is 1. The van der Waals surface area contributed by atoms with Crippen LogP contribution in [0.25, 0.3) is 11.3 Å². The molecule has 5 rings (SSSR count). The van der Waals surface area contributed by atoms with Crippen LogP contribution in [0, 0.1) is 0 Å². The summed E-state index contributed by atoms with van der Waals surface area (Å²) in [6, 6.07) is 18.1. The summed E-state index contributed by atoms with van der Waals surface area (Å²) < 4.78 is 0. The van der Waals surface area contributed by atoms with E-state index in [4.69, 9.17) is 0 Å². The molecule has 1 aromatic heterocycles. The molecule has 1 spiro atoms. The minimum Gasteiger partial charge on any atom is -0.392 e. The van der Waals surface area contributed by atoms with E-state index in [1.165, 1.54) is 11.1 Å². The number of benzene rings is 2. The van der Waals surface area contributed by atoms with Crippen molar-refractivity contribution in [1.29, 1.82) is 0 Å². The van der Waals surface area contributed by atoms with Gasteiger partial charge in [-0.25, -0.2) is 0 Å². The highest BCUT2D eigenvalue weighted by Crippen LogP contribution is 2.46. The lowest BCUT2D eigenvalue weighted by Crippen LogP contribution is -2.49. The molecule has 0 saturated carbocycles. The highest BCUT2D eigenvalue weighted by Gasteiger charge is 2.48. The van der Waals surface area contributed by atoms with Crippen molar-refractivity contribution in [1.82, 2.24) is 15.1 Å². The van der Waals surface area contributed by atoms with Gasteiger partial charge >= 0.3 is 0 Å². The van der Waals surface area contributed by atoms with Gasteiger partial charge in [0.25, 0.3) is 5.91 Å². The lowest BCUT2D eigenvalue weighted by atomic mass is 9.72. The molecule has 5 nitrogen and oxygen atoms in total. The Balaban J connectivity index is 1.38. The number of nitrogens with zero attached hydrogens (tertiary/aromatic N) is 2. The molecular weight excluding hydrogens is 350 g/mol. The molecule has 2 aliphatic rings. The van der Waals surface area contributed by atoms with Crippen LogP contribution in [0.2, 0.25) is 0 Å². The molecule has 0 bridgehead atoms. The Morgan fingerprint density at radius 1 is 1.07 bits per heavy atom. The Labute approximate surface area is 164 Å². The van der Waals surface area contributed by atoms with Crippen LogP contribution in [0.4, 0.5) is 0 Å². The maximum Gasteiger partial charge on any atom is 0.257 e. The van der Waals surface area contributed by atoms with Gasteiger partial charge in [-0.05, 0) is 30.4 Å². The lowest BCUT2D eigenvalue weighted by Gasteiger charge is -2.42. The zero-order valence-electron chi connectivity index (χ0n) is 15.6. The molecule has 2 heterocycles. The van der Waals surface area contributed by atoms with Gasteiger partial charge in [-0.15, -0.1) is 0 Å². The Morgan fingerprint density at radius 2 is 1.79 bits per heavy atom. The summed E-state index contributed by atoms with van der Waals surface area (Å²) in [5.41, 5.74) is 4.62. The Kier molecular flexibility index (Phi) is 4.05. The quantitative estimate of drug-likeness (QED) is 0.725. The van der Waals surface area contributed by atoms with E-state index in [0.717, 1.165) is 24.1 Å². The second kappa shape index (κ2) is 6.60. The molecule has 2 N–H and O–H groups in total. The summed E-state index contributed by atoms with van der Waals surface area (Å²) in [5, 5.41) is 17.9. The second-order valence-corrected chi connectivity index (χ2v) is 7.85. The molecule has 142 valence electrons. The highest BCUT2D eigenvalue weighted by atomic mass is 16.3. The van der Waals surface area contributed by atoms with Gasteiger partial charge in [-0.1, -0.05) is 54.6 Å². The summed E-state index contributed by atoms with van der Waals surface area (Å²) in [6.07, 6.45) is 3.54. The van der Waals surface area contributed by atoms with Gasteiger partial charge in [0.15, 0.2) is 0 Å². The fourth-order valence-corrected chi connectivity index (χ4v) is 4.92. The first-order valence-electron chi connectivity index (χ1n) is 9.83. The fourth-order valence-electron chi connectivity index (χ4n) is 4.92. The number of likely N-dealkylation sites (tertiary alicyclic amines) is 1. The molecular formula is C23H23N3O2. The van der Waals surface area contributed by atoms with E-state index >= 15 is 0 Å². The summed E-state index contributed by atoms with van der Waals surface area (Å²) >= 11 is 0. The Morgan fingerprint density at radius 3 is 2.57 bits per heavy atom. The van der Waals surface area contributed by atoms with Crippen molar-refractivity contribution in [3.05, 3.63) is 77.5 Å². The number of nitrogens with one attached hydrogen (secondary N) is 1. The van der Waals surface area contributed by atoms with Crippen LogP contribution in [-0.2, 0) is 11.8 Å². The number of amides is 1. The average Bonchev–Trinajstić information content (AvgIpc) is 3.33. The van der Waals surface area contributed by atoms with Gasteiger partial charge in [-0.3, -0.25) is 9.89 Å². The van der Waals surface area contributed by atoms with Crippen LogP contribution in [0.15, 0.2) is 60.8 Å². The third kappa shape index (κ3) is 2.58. The zero-order chi connectivity index (χ0) is 19.1. The van der Waals surface area contributed by atoms with Gasteiger partial charge in [0, 0.05) is 24.1 Å². The minimum atomic E-state index is -0.365. The smallest absolute Gasteiger partial charge is 0.257 e. The first kappa shape index (κ1) is 17.2. The molecule has 0 unspecified atom stereocenters. The normalized spacial score (nSPS) is 20.3. The minimum absolute atomic E-state index is 0.00299. The number of aliphatic hydroxyl groups is 1. The molecule has 1 saturated heterocycles.